The number of hydrogen-bond donors (Lipinski definition) is 1. The first-order valence-electron chi connectivity index (χ1n) is 5.66. The van der Waals surface area contributed by atoms with E-state index in [1.165, 1.54) is 0 Å². The number of benzene rings is 1. The quantitative estimate of drug-likeness (QED) is 0.844. The lowest BCUT2D eigenvalue weighted by molar-refractivity contribution is -0.184. The minimum absolute atomic E-state index is 0.350. The van der Waals surface area contributed by atoms with Crippen molar-refractivity contribution in [1.29, 1.82) is 0 Å². The Kier molecular flexibility index (Phi) is 3.95. The molecule has 1 saturated heterocycles. The average Bonchev–Trinajstić information content (AvgIpc) is 2.30. The van der Waals surface area contributed by atoms with Crippen LogP contribution in [0.4, 0.5) is 13.2 Å². The van der Waals surface area contributed by atoms with Gasteiger partial charge in [-0.3, -0.25) is 0 Å². The molecule has 21 heavy (non-hydrogen) atoms. The summed E-state index contributed by atoms with van der Waals surface area (Å²) in [7, 11) is -4.78. The molecule has 0 aliphatic carbocycles. The molecule has 1 aliphatic rings. The number of hydrogen-bond acceptors (Lipinski definition) is 5. The van der Waals surface area contributed by atoms with Gasteiger partial charge in [-0.25, -0.2) is 18.4 Å². The number of esters is 1. The van der Waals surface area contributed by atoms with Gasteiger partial charge in [0.25, 0.3) is 0 Å². The van der Waals surface area contributed by atoms with Gasteiger partial charge in [0, 0.05) is 6.42 Å². The molecule has 1 atom stereocenters. The van der Waals surface area contributed by atoms with Crippen molar-refractivity contribution >= 4 is 16.0 Å². The van der Waals surface area contributed by atoms with E-state index in [4.69, 9.17) is 14.6 Å². The van der Waals surface area contributed by atoms with Gasteiger partial charge in [0.1, 0.15) is 4.90 Å². The topological polar surface area (TPSA) is 95.7 Å². The van der Waals surface area contributed by atoms with Crippen molar-refractivity contribution in [3.8, 4) is 0 Å². The summed E-state index contributed by atoms with van der Waals surface area (Å²) < 4.78 is 71.0. The van der Waals surface area contributed by atoms with E-state index < -0.39 is 44.5 Å². The lowest BCUT2D eigenvalue weighted by atomic mass is 10.1. The van der Waals surface area contributed by atoms with Crippen LogP contribution in [0.15, 0.2) is 23.1 Å². The van der Waals surface area contributed by atoms with Crippen molar-refractivity contribution in [2.45, 2.75) is 23.8 Å². The summed E-state index contributed by atoms with van der Waals surface area (Å²) in [5, 5.41) is 4.80. The third-order valence-corrected chi connectivity index (χ3v) is 3.73. The molecule has 0 spiro atoms. The monoisotopic (exact) mass is 325 g/mol. The molecule has 1 fully saturated rings. The van der Waals surface area contributed by atoms with E-state index in [9.17, 15) is 26.4 Å². The Morgan fingerprint density at radius 3 is 2.43 bits per heavy atom. The molecule has 1 heterocycles. The third-order valence-electron chi connectivity index (χ3n) is 2.72. The molecule has 6 nitrogen and oxygen atoms in total. The number of alkyl halides is 3. The normalized spacial score (nSPS) is 19.0. The van der Waals surface area contributed by atoms with Crippen molar-refractivity contribution in [3.63, 3.8) is 0 Å². The summed E-state index contributed by atoms with van der Waals surface area (Å²) in [6, 6.07) is 2.32. The first-order chi connectivity index (χ1) is 9.60. The predicted octanol–water partition coefficient (Wildman–Crippen LogP) is 1.26. The Morgan fingerprint density at radius 2 is 2.00 bits per heavy atom. The highest BCUT2D eigenvalue weighted by Gasteiger charge is 2.39. The number of primary sulfonamides is 1. The van der Waals surface area contributed by atoms with E-state index in [0.29, 0.717) is 19.1 Å². The number of rotatable bonds is 3. The Morgan fingerprint density at radius 1 is 1.38 bits per heavy atom. The Bertz CT molecular complexity index is 667. The van der Waals surface area contributed by atoms with Crippen LogP contribution in [-0.4, -0.2) is 27.3 Å². The van der Waals surface area contributed by atoms with Gasteiger partial charge in [0.15, 0.2) is 0 Å². The standard InChI is InChI=1S/C11H10F3NO5S/c12-11(13,14)7-3-1-2-6(9(7)21(15,17)18)10(16)20-8-4-5-19-8/h1-3,8H,4-5H2,(H2,15,17,18). The second kappa shape index (κ2) is 5.28. The average molecular weight is 325 g/mol. The number of nitrogens with two attached hydrogens (primary N) is 1. The van der Waals surface area contributed by atoms with E-state index in [1.807, 2.05) is 0 Å². The highest BCUT2D eigenvalue weighted by Crippen LogP contribution is 2.35. The zero-order valence-electron chi connectivity index (χ0n) is 10.4. The molecule has 0 bridgehead atoms. The molecule has 0 radical (unpaired) electrons. The van der Waals surface area contributed by atoms with Crippen LogP contribution in [0.25, 0.3) is 0 Å². The van der Waals surface area contributed by atoms with E-state index in [1.54, 1.807) is 0 Å². The van der Waals surface area contributed by atoms with Crippen LogP contribution < -0.4 is 5.14 Å². The zero-order valence-corrected chi connectivity index (χ0v) is 11.2. The molecule has 0 amide bonds. The number of carbonyl (C=O) groups excluding carboxylic acids is 1. The van der Waals surface area contributed by atoms with Crippen LogP contribution >= 0.6 is 0 Å². The highest BCUT2D eigenvalue weighted by molar-refractivity contribution is 7.89. The minimum atomic E-state index is -4.98. The van der Waals surface area contributed by atoms with Crippen molar-refractivity contribution in [3.05, 3.63) is 29.3 Å². The largest absolute Gasteiger partial charge is 0.432 e. The minimum Gasteiger partial charge on any atom is -0.432 e. The van der Waals surface area contributed by atoms with Gasteiger partial charge >= 0.3 is 12.1 Å². The molecule has 1 aromatic rings. The number of carbonyl (C=O) groups is 1. The smallest absolute Gasteiger partial charge is 0.417 e. The molecule has 2 N–H and O–H groups in total. The first kappa shape index (κ1) is 15.7. The molecule has 0 saturated carbocycles. The van der Waals surface area contributed by atoms with Gasteiger partial charge in [0.2, 0.25) is 16.3 Å². The summed E-state index contributed by atoms with van der Waals surface area (Å²) >= 11 is 0. The van der Waals surface area contributed by atoms with Crippen molar-refractivity contribution in [2.75, 3.05) is 6.61 Å². The maximum Gasteiger partial charge on any atom is 0.417 e. The maximum atomic E-state index is 12.9. The molecule has 1 aliphatic heterocycles. The summed E-state index contributed by atoms with van der Waals surface area (Å²) in [4.78, 5) is 10.5. The van der Waals surface area contributed by atoms with Crippen LogP contribution in [0.3, 0.4) is 0 Å². The molecule has 0 aromatic heterocycles. The molecule has 116 valence electrons. The second-order valence-corrected chi connectivity index (χ2v) is 5.72. The summed E-state index contributed by atoms with van der Waals surface area (Å²) in [5.41, 5.74) is -2.29. The Hall–Kier alpha value is -1.65. The van der Waals surface area contributed by atoms with Crippen LogP contribution in [0, 0.1) is 0 Å². The van der Waals surface area contributed by atoms with Gasteiger partial charge in [-0.15, -0.1) is 0 Å². The number of halogens is 3. The fourth-order valence-corrected chi connectivity index (χ4v) is 2.67. The van der Waals surface area contributed by atoms with Gasteiger partial charge in [0.05, 0.1) is 17.7 Å². The first-order valence-corrected chi connectivity index (χ1v) is 7.21. The summed E-state index contributed by atoms with van der Waals surface area (Å²) in [6.45, 7) is 0.350. The zero-order chi connectivity index (χ0) is 15.8. The van der Waals surface area contributed by atoms with Gasteiger partial charge in [-0.2, -0.15) is 13.2 Å². The summed E-state index contributed by atoms with van der Waals surface area (Å²) in [5.74, 6) is -1.24. The van der Waals surface area contributed by atoms with E-state index in [-0.39, 0.29) is 0 Å². The van der Waals surface area contributed by atoms with Crippen molar-refractivity contribution in [1.82, 2.24) is 0 Å². The molecule has 1 unspecified atom stereocenters. The predicted molar refractivity (Wildman–Crippen MR) is 62.6 cm³/mol. The molecular formula is C11H10F3NO5S. The third kappa shape index (κ3) is 3.34. The van der Waals surface area contributed by atoms with E-state index in [2.05, 4.69) is 0 Å². The van der Waals surface area contributed by atoms with Crippen LogP contribution in [0.2, 0.25) is 0 Å². The molecule has 10 heteroatoms. The molecule has 1 aromatic carbocycles. The Balaban J connectivity index is 2.52. The van der Waals surface area contributed by atoms with Crippen molar-refractivity contribution < 1.29 is 35.9 Å². The fourth-order valence-electron chi connectivity index (χ4n) is 1.72. The van der Waals surface area contributed by atoms with Gasteiger partial charge in [-0.1, -0.05) is 6.07 Å². The number of sulfonamides is 1. The molecule has 2 rings (SSSR count). The summed E-state index contributed by atoms with van der Waals surface area (Å²) in [6.07, 6.45) is -5.49. The fraction of sp³-hybridized carbons (Fsp3) is 0.364. The van der Waals surface area contributed by atoms with Gasteiger partial charge < -0.3 is 9.47 Å². The van der Waals surface area contributed by atoms with Crippen molar-refractivity contribution in [2.24, 2.45) is 5.14 Å². The van der Waals surface area contributed by atoms with Crippen LogP contribution in [-0.2, 0) is 25.7 Å². The lowest BCUT2D eigenvalue weighted by Gasteiger charge is -2.26. The highest BCUT2D eigenvalue weighted by atomic mass is 32.2. The van der Waals surface area contributed by atoms with E-state index in [0.717, 1.165) is 12.1 Å². The van der Waals surface area contributed by atoms with Gasteiger partial charge in [-0.05, 0) is 12.1 Å². The Labute approximate surface area is 117 Å². The van der Waals surface area contributed by atoms with Crippen LogP contribution in [0.5, 0.6) is 0 Å². The molecular weight excluding hydrogens is 315 g/mol. The second-order valence-electron chi connectivity index (χ2n) is 4.22. The lowest BCUT2D eigenvalue weighted by Crippen LogP contribution is -2.33. The van der Waals surface area contributed by atoms with E-state index >= 15 is 0 Å². The van der Waals surface area contributed by atoms with Crippen LogP contribution in [0.1, 0.15) is 22.3 Å². The SMILES string of the molecule is NS(=O)(=O)c1c(C(=O)OC2CCO2)cccc1C(F)(F)F. The number of ether oxygens (including phenoxy) is 2. The maximum absolute atomic E-state index is 12.9.